The third-order valence-electron chi connectivity index (χ3n) is 4.33. The Morgan fingerprint density at radius 3 is 2.85 bits per heavy atom. The van der Waals surface area contributed by atoms with Crippen LogP contribution in [-0.4, -0.2) is 31.7 Å². The van der Waals surface area contributed by atoms with Crippen molar-refractivity contribution >= 4 is 10.0 Å². The van der Waals surface area contributed by atoms with Crippen LogP contribution in [0.1, 0.15) is 38.7 Å². The number of aromatic nitrogens is 2. The third-order valence-corrected chi connectivity index (χ3v) is 5.83. The molecule has 1 fully saturated rings. The van der Waals surface area contributed by atoms with E-state index in [9.17, 15) is 8.42 Å². The Morgan fingerprint density at radius 2 is 2.15 bits per heavy atom. The molecular weight excluding hydrogens is 276 g/mol. The molecule has 20 heavy (non-hydrogen) atoms. The first-order valence-electron chi connectivity index (χ1n) is 7.15. The molecule has 2 rings (SSSR count). The molecule has 0 saturated heterocycles. The van der Waals surface area contributed by atoms with Crippen molar-refractivity contribution in [1.82, 2.24) is 20.2 Å². The van der Waals surface area contributed by atoms with Gasteiger partial charge in [0.05, 0.1) is 6.20 Å². The van der Waals surface area contributed by atoms with Gasteiger partial charge in [0.2, 0.25) is 0 Å². The highest BCUT2D eigenvalue weighted by Gasteiger charge is 2.32. The van der Waals surface area contributed by atoms with Crippen molar-refractivity contribution in [2.45, 2.75) is 50.7 Å². The normalized spacial score (nSPS) is 27.6. The molecule has 3 atom stereocenters. The summed E-state index contributed by atoms with van der Waals surface area (Å²) in [6.07, 6.45) is 4.71. The van der Waals surface area contributed by atoms with Crippen molar-refractivity contribution in [2.75, 3.05) is 7.05 Å². The Labute approximate surface area is 120 Å². The molecule has 1 heterocycles. The Balaban J connectivity index is 2.16. The standard InChI is InChI=1S/C13H24N4O2S/c1-9-5-4-6-12(10(9)2)17-20(18,19)13-11(7-14-3)8-15-16-13/h8-10,12,14,17H,4-7H2,1-3H3,(H,15,16). The predicted molar refractivity (Wildman–Crippen MR) is 77.6 cm³/mol. The highest BCUT2D eigenvalue weighted by molar-refractivity contribution is 7.89. The largest absolute Gasteiger partial charge is 0.316 e. The lowest BCUT2D eigenvalue weighted by atomic mass is 9.78. The first kappa shape index (κ1) is 15.5. The summed E-state index contributed by atoms with van der Waals surface area (Å²) in [5, 5.41) is 9.58. The molecule has 0 amide bonds. The number of nitrogens with one attached hydrogen (secondary N) is 3. The van der Waals surface area contributed by atoms with Crippen molar-refractivity contribution in [3.8, 4) is 0 Å². The van der Waals surface area contributed by atoms with Crippen LogP contribution >= 0.6 is 0 Å². The summed E-state index contributed by atoms with van der Waals surface area (Å²) in [5.41, 5.74) is 0.663. The van der Waals surface area contributed by atoms with E-state index in [-0.39, 0.29) is 11.1 Å². The Kier molecular flexibility index (Phi) is 4.82. The lowest BCUT2D eigenvalue weighted by molar-refractivity contribution is 0.226. The average molecular weight is 300 g/mol. The van der Waals surface area contributed by atoms with E-state index in [1.165, 1.54) is 6.42 Å². The van der Waals surface area contributed by atoms with Gasteiger partial charge in [-0.1, -0.05) is 26.7 Å². The summed E-state index contributed by atoms with van der Waals surface area (Å²) in [5.74, 6) is 0.907. The first-order chi connectivity index (χ1) is 9.45. The van der Waals surface area contributed by atoms with Crippen molar-refractivity contribution in [3.63, 3.8) is 0 Å². The first-order valence-corrected chi connectivity index (χ1v) is 8.63. The summed E-state index contributed by atoms with van der Waals surface area (Å²) < 4.78 is 27.8. The van der Waals surface area contributed by atoms with Crippen LogP contribution in [-0.2, 0) is 16.6 Å². The number of H-pyrrole nitrogens is 1. The molecule has 0 bridgehead atoms. The lowest BCUT2D eigenvalue weighted by Crippen LogP contribution is -2.44. The minimum absolute atomic E-state index is 0.00878. The smallest absolute Gasteiger partial charge is 0.258 e. The van der Waals surface area contributed by atoms with Gasteiger partial charge in [-0.2, -0.15) is 5.10 Å². The monoisotopic (exact) mass is 300 g/mol. The number of hydrogen-bond donors (Lipinski definition) is 3. The third kappa shape index (κ3) is 3.21. The lowest BCUT2D eigenvalue weighted by Gasteiger charge is -2.34. The van der Waals surface area contributed by atoms with Crippen LogP contribution in [0.15, 0.2) is 11.2 Å². The van der Waals surface area contributed by atoms with E-state index < -0.39 is 10.0 Å². The summed E-state index contributed by atoms with van der Waals surface area (Å²) in [6.45, 7) is 4.79. The number of aromatic amines is 1. The predicted octanol–water partition coefficient (Wildman–Crippen LogP) is 1.23. The number of hydrogen-bond acceptors (Lipinski definition) is 4. The summed E-state index contributed by atoms with van der Waals surface area (Å²) >= 11 is 0. The van der Waals surface area contributed by atoms with E-state index in [0.29, 0.717) is 23.9 Å². The molecule has 1 aliphatic carbocycles. The summed E-state index contributed by atoms with van der Waals surface area (Å²) in [7, 11) is -1.75. The van der Waals surface area contributed by atoms with Gasteiger partial charge in [0.1, 0.15) is 0 Å². The maximum atomic E-state index is 12.5. The second-order valence-electron chi connectivity index (χ2n) is 5.75. The van der Waals surface area contributed by atoms with E-state index in [0.717, 1.165) is 12.8 Å². The molecule has 0 spiro atoms. The van der Waals surface area contributed by atoms with Gasteiger partial charge in [-0.15, -0.1) is 0 Å². The van der Waals surface area contributed by atoms with Crippen LogP contribution < -0.4 is 10.0 Å². The molecule has 1 saturated carbocycles. The average Bonchev–Trinajstić information content (AvgIpc) is 2.84. The zero-order valence-corrected chi connectivity index (χ0v) is 13.1. The van der Waals surface area contributed by atoms with E-state index in [4.69, 9.17) is 0 Å². The van der Waals surface area contributed by atoms with Gasteiger partial charge in [0.25, 0.3) is 10.0 Å². The SMILES string of the molecule is CNCc1cn[nH]c1S(=O)(=O)NC1CCCC(C)C1C. The van der Waals surface area contributed by atoms with E-state index >= 15 is 0 Å². The molecule has 0 aromatic carbocycles. The fourth-order valence-corrected chi connectivity index (χ4v) is 4.35. The van der Waals surface area contributed by atoms with E-state index in [2.05, 4.69) is 34.1 Å². The van der Waals surface area contributed by atoms with Crippen LogP contribution in [0.25, 0.3) is 0 Å². The number of rotatable bonds is 5. The Morgan fingerprint density at radius 1 is 1.40 bits per heavy atom. The summed E-state index contributed by atoms with van der Waals surface area (Å²) in [4.78, 5) is 0. The van der Waals surface area contributed by atoms with Gasteiger partial charge in [0, 0.05) is 18.2 Å². The van der Waals surface area contributed by atoms with Gasteiger partial charge in [0.15, 0.2) is 5.03 Å². The van der Waals surface area contributed by atoms with Gasteiger partial charge < -0.3 is 5.32 Å². The van der Waals surface area contributed by atoms with Crippen molar-refractivity contribution < 1.29 is 8.42 Å². The second kappa shape index (κ2) is 6.24. The molecule has 114 valence electrons. The zero-order valence-electron chi connectivity index (χ0n) is 12.3. The minimum Gasteiger partial charge on any atom is -0.316 e. The maximum Gasteiger partial charge on any atom is 0.258 e. The summed E-state index contributed by atoms with van der Waals surface area (Å²) in [6, 6.07) is 0.00878. The van der Waals surface area contributed by atoms with Crippen LogP contribution in [0.4, 0.5) is 0 Å². The van der Waals surface area contributed by atoms with Gasteiger partial charge in [-0.05, 0) is 25.3 Å². The quantitative estimate of drug-likeness (QED) is 0.763. The maximum absolute atomic E-state index is 12.5. The fraction of sp³-hybridized carbons (Fsp3) is 0.769. The van der Waals surface area contributed by atoms with Crippen LogP contribution in [0.5, 0.6) is 0 Å². The molecule has 3 unspecified atom stereocenters. The van der Waals surface area contributed by atoms with E-state index in [1.807, 2.05) is 0 Å². The Hall–Kier alpha value is -0.920. The van der Waals surface area contributed by atoms with Gasteiger partial charge in [-0.3, -0.25) is 5.10 Å². The minimum atomic E-state index is -3.53. The van der Waals surface area contributed by atoms with Crippen LogP contribution in [0.2, 0.25) is 0 Å². The van der Waals surface area contributed by atoms with Crippen LogP contribution in [0.3, 0.4) is 0 Å². The highest BCUT2D eigenvalue weighted by atomic mass is 32.2. The molecule has 1 aliphatic rings. The molecule has 1 aromatic heterocycles. The van der Waals surface area contributed by atoms with Crippen molar-refractivity contribution in [2.24, 2.45) is 11.8 Å². The van der Waals surface area contributed by atoms with Gasteiger partial charge in [-0.25, -0.2) is 13.1 Å². The van der Waals surface area contributed by atoms with Crippen molar-refractivity contribution in [1.29, 1.82) is 0 Å². The fourth-order valence-electron chi connectivity index (χ4n) is 2.85. The molecule has 3 N–H and O–H groups in total. The molecule has 0 aliphatic heterocycles. The second-order valence-corrected chi connectivity index (χ2v) is 7.40. The molecule has 6 nitrogen and oxygen atoms in total. The Bertz CT molecular complexity index is 540. The topological polar surface area (TPSA) is 86.9 Å². The van der Waals surface area contributed by atoms with Crippen molar-refractivity contribution in [3.05, 3.63) is 11.8 Å². The van der Waals surface area contributed by atoms with Crippen LogP contribution in [0, 0.1) is 11.8 Å². The zero-order chi connectivity index (χ0) is 14.8. The molecule has 0 radical (unpaired) electrons. The molecule has 7 heteroatoms. The number of nitrogens with zero attached hydrogens (tertiary/aromatic N) is 1. The van der Waals surface area contributed by atoms with E-state index in [1.54, 1.807) is 13.2 Å². The van der Waals surface area contributed by atoms with Gasteiger partial charge >= 0.3 is 0 Å². The molecule has 1 aromatic rings. The number of sulfonamides is 1. The molecular formula is C13H24N4O2S. The highest BCUT2D eigenvalue weighted by Crippen LogP contribution is 2.30.